The summed E-state index contributed by atoms with van der Waals surface area (Å²) >= 11 is 7.04. The third-order valence-electron chi connectivity index (χ3n) is 2.68. The molecule has 7 heteroatoms. The lowest BCUT2D eigenvalue weighted by Crippen LogP contribution is -2.21. The fourth-order valence-corrected chi connectivity index (χ4v) is 3.11. The summed E-state index contributed by atoms with van der Waals surface area (Å²) in [5.74, 6) is 0.775. The quantitative estimate of drug-likeness (QED) is 0.483. The molecule has 114 valence electrons. The average molecular weight is 412 g/mol. The Balaban J connectivity index is 2.85. The number of halogens is 2. The van der Waals surface area contributed by atoms with Gasteiger partial charge in [-0.25, -0.2) is 0 Å². The molecule has 1 aromatic rings. The Hall–Kier alpha value is -0.180. The van der Waals surface area contributed by atoms with Crippen molar-refractivity contribution in [3.05, 3.63) is 26.6 Å². The molecular weight excluding hydrogens is 392 g/mol. The Labute approximate surface area is 136 Å². The lowest BCUT2D eigenvalue weighted by molar-refractivity contribution is 0.0287. The molecule has 0 aromatic heterocycles. The maximum absolute atomic E-state index is 5.70. The number of hydroxylamine groups is 1. The first-order valence-corrected chi connectivity index (χ1v) is 7.83. The Bertz CT molecular complexity index is 396. The largest absolute Gasteiger partial charge is 0.491 e. The van der Waals surface area contributed by atoms with Crippen LogP contribution in [0.2, 0.25) is 0 Å². The van der Waals surface area contributed by atoms with Crippen molar-refractivity contribution in [1.29, 1.82) is 0 Å². The molecule has 0 saturated carbocycles. The zero-order valence-electron chi connectivity index (χ0n) is 11.6. The van der Waals surface area contributed by atoms with Crippen LogP contribution >= 0.6 is 31.9 Å². The Morgan fingerprint density at radius 1 is 1.25 bits per heavy atom. The molecule has 0 fully saturated rings. The van der Waals surface area contributed by atoms with Gasteiger partial charge in [0, 0.05) is 7.11 Å². The first-order chi connectivity index (χ1) is 9.63. The monoisotopic (exact) mass is 410 g/mol. The third kappa shape index (κ3) is 5.31. The summed E-state index contributed by atoms with van der Waals surface area (Å²) in [6.07, 6.45) is 0.708. The number of rotatable bonds is 9. The number of benzene rings is 1. The van der Waals surface area contributed by atoms with Crippen molar-refractivity contribution >= 4 is 31.9 Å². The molecule has 0 amide bonds. The fourth-order valence-electron chi connectivity index (χ4n) is 1.66. The summed E-state index contributed by atoms with van der Waals surface area (Å²) in [4.78, 5) is 4.86. The van der Waals surface area contributed by atoms with E-state index in [-0.39, 0.29) is 6.10 Å². The van der Waals surface area contributed by atoms with E-state index in [0.717, 1.165) is 26.7 Å². The van der Waals surface area contributed by atoms with Gasteiger partial charge in [-0.05, 0) is 62.5 Å². The van der Waals surface area contributed by atoms with Crippen LogP contribution in [-0.4, -0.2) is 33.9 Å². The molecular formula is C13H20Br2N2O3. The van der Waals surface area contributed by atoms with Crippen molar-refractivity contribution in [2.45, 2.75) is 12.5 Å². The van der Waals surface area contributed by atoms with Gasteiger partial charge in [-0.1, -0.05) is 0 Å². The number of ether oxygens (including phenoxy) is 2. The van der Waals surface area contributed by atoms with E-state index in [1.54, 1.807) is 14.2 Å². The van der Waals surface area contributed by atoms with Crippen LogP contribution in [-0.2, 0) is 9.57 Å². The highest BCUT2D eigenvalue weighted by atomic mass is 79.9. The van der Waals surface area contributed by atoms with Gasteiger partial charge in [0.25, 0.3) is 0 Å². The normalized spacial score (nSPS) is 12.4. The molecule has 20 heavy (non-hydrogen) atoms. The minimum atomic E-state index is -0.111. The van der Waals surface area contributed by atoms with Crippen molar-refractivity contribution in [2.24, 2.45) is 5.73 Å². The first kappa shape index (κ1) is 17.9. The smallest absolute Gasteiger partial charge is 0.147 e. The van der Waals surface area contributed by atoms with Crippen LogP contribution in [0.25, 0.3) is 0 Å². The highest BCUT2D eigenvalue weighted by molar-refractivity contribution is 9.11. The van der Waals surface area contributed by atoms with Crippen molar-refractivity contribution < 1.29 is 14.3 Å². The Kier molecular flexibility index (Phi) is 8.67. The first-order valence-electron chi connectivity index (χ1n) is 6.24. The SMILES string of the molecule is CONCC(OC)c1cc(Br)c(OCCCN)c(Br)c1. The van der Waals surface area contributed by atoms with E-state index in [2.05, 4.69) is 37.3 Å². The summed E-state index contributed by atoms with van der Waals surface area (Å²) in [5.41, 5.74) is 9.27. The number of hydrogen-bond donors (Lipinski definition) is 2. The zero-order chi connectivity index (χ0) is 15.0. The van der Waals surface area contributed by atoms with Gasteiger partial charge >= 0.3 is 0 Å². The van der Waals surface area contributed by atoms with Gasteiger partial charge in [-0.3, -0.25) is 0 Å². The topological polar surface area (TPSA) is 65.7 Å². The molecule has 0 bridgehead atoms. The molecule has 0 aliphatic rings. The summed E-state index contributed by atoms with van der Waals surface area (Å²) in [6.45, 7) is 1.76. The molecule has 0 heterocycles. The maximum Gasteiger partial charge on any atom is 0.147 e. The van der Waals surface area contributed by atoms with E-state index in [9.17, 15) is 0 Å². The van der Waals surface area contributed by atoms with Crippen LogP contribution in [0.5, 0.6) is 5.75 Å². The van der Waals surface area contributed by atoms with Gasteiger partial charge in [0.05, 0.1) is 35.3 Å². The lowest BCUT2D eigenvalue weighted by atomic mass is 10.1. The molecule has 0 aliphatic carbocycles. The summed E-state index contributed by atoms with van der Waals surface area (Å²) in [5, 5.41) is 0. The Morgan fingerprint density at radius 3 is 2.40 bits per heavy atom. The van der Waals surface area contributed by atoms with E-state index >= 15 is 0 Å². The molecule has 1 rings (SSSR count). The van der Waals surface area contributed by atoms with E-state index in [1.165, 1.54) is 0 Å². The van der Waals surface area contributed by atoms with E-state index in [0.29, 0.717) is 19.7 Å². The molecule has 0 radical (unpaired) electrons. The average Bonchev–Trinajstić information content (AvgIpc) is 2.43. The molecule has 0 aliphatic heterocycles. The summed E-state index contributed by atoms with van der Waals surface area (Å²) in [6, 6.07) is 3.96. The van der Waals surface area contributed by atoms with E-state index in [1.807, 2.05) is 12.1 Å². The van der Waals surface area contributed by atoms with Crippen molar-refractivity contribution in [2.75, 3.05) is 33.9 Å². The molecule has 0 spiro atoms. The number of hydrogen-bond acceptors (Lipinski definition) is 5. The van der Waals surface area contributed by atoms with Crippen molar-refractivity contribution in [3.8, 4) is 5.75 Å². The molecule has 3 N–H and O–H groups in total. The molecule has 1 unspecified atom stereocenters. The minimum absolute atomic E-state index is 0.111. The second-order valence-corrected chi connectivity index (χ2v) is 5.79. The van der Waals surface area contributed by atoms with Gasteiger partial charge in [0.2, 0.25) is 0 Å². The predicted molar refractivity (Wildman–Crippen MR) is 85.8 cm³/mol. The fraction of sp³-hybridized carbons (Fsp3) is 0.538. The van der Waals surface area contributed by atoms with Crippen molar-refractivity contribution in [3.63, 3.8) is 0 Å². The van der Waals surface area contributed by atoms with E-state index in [4.69, 9.17) is 20.0 Å². The maximum atomic E-state index is 5.70. The van der Waals surface area contributed by atoms with Gasteiger partial charge in [0.1, 0.15) is 5.75 Å². The second kappa shape index (κ2) is 9.70. The highest BCUT2D eigenvalue weighted by Gasteiger charge is 2.15. The van der Waals surface area contributed by atoms with Gasteiger partial charge in [-0.15, -0.1) is 0 Å². The molecule has 1 atom stereocenters. The van der Waals surface area contributed by atoms with Crippen LogP contribution in [0.3, 0.4) is 0 Å². The number of methoxy groups -OCH3 is 1. The van der Waals surface area contributed by atoms with Crippen LogP contribution in [0.4, 0.5) is 0 Å². The van der Waals surface area contributed by atoms with Crippen LogP contribution < -0.4 is 16.0 Å². The number of nitrogens with one attached hydrogen (secondary N) is 1. The predicted octanol–water partition coefficient (Wildman–Crippen LogP) is 2.78. The molecule has 5 nitrogen and oxygen atoms in total. The van der Waals surface area contributed by atoms with Gasteiger partial charge in [-0.2, -0.15) is 5.48 Å². The second-order valence-electron chi connectivity index (χ2n) is 4.08. The van der Waals surface area contributed by atoms with Crippen LogP contribution in [0.1, 0.15) is 18.1 Å². The number of nitrogens with two attached hydrogens (primary N) is 1. The third-order valence-corrected chi connectivity index (χ3v) is 3.86. The highest BCUT2D eigenvalue weighted by Crippen LogP contribution is 2.36. The Morgan fingerprint density at radius 2 is 1.90 bits per heavy atom. The lowest BCUT2D eigenvalue weighted by Gasteiger charge is -2.18. The van der Waals surface area contributed by atoms with Crippen LogP contribution in [0, 0.1) is 0 Å². The van der Waals surface area contributed by atoms with Gasteiger partial charge < -0.3 is 20.0 Å². The van der Waals surface area contributed by atoms with Gasteiger partial charge in [0.15, 0.2) is 0 Å². The molecule has 1 aromatic carbocycles. The van der Waals surface area contributed by atoms with E-state index < -0.39 is 0 Å². The van der Waals surface area contributed by atoms with Crippen molar-refractivity contribution in [1.82, 2.24) is 5.48 Å². The summed E-state index contributed by atoms with van der Waals surface area (Å²) < 4.78 is 12.9. The summed E-state index contributed by atoms with van der Waals surface area (Å²) in [7, 11) is 3.24. The minimum Gasteiger partial charge on any atom is -0.491 e. The van der Waals surface area contributed by atoms with Crippen LogP contribution in [0.15, 0.2) is 21.1 Å². The standard InChI is InChI=1S/C13H20Br2N2O3/c1-18-12(8-17-19-2)9-6-10(14)13(11(15)7-9)20-5-3-4-16/h6-7,12,17H,3-5,8,16H2,1-2H3. The molecule has 0 saturated heterocycles. The zero-order valence-corrected chi connectivity index (χ0v) is 14.8.